The van der Waals surface area contributed by atoms with Gasteiger partial charge in [0.1, 0.15) is 32.8 Å². The Morgan fingerprint density at radius 3 is 1.38 bits per heavy atom. The first-order chi connectivity index (χ1) is 21.3. The number of hydrogen-bond donors (Lipinski definition) is 4. The molecule has 0 bridgehead atoms. The van der Waals surface area contributed by atoms with Crippen molar-refractivity contribution in [1.82, 2.24) is 0 Å². The number of rotatable bonds is 6. The number of nitrogens with two attached hydrogens (primary N) is 2. The summed E-state index contributed by atoms with van der Waals surface area (Å²) < 4.78 is 82.3. The zero-order valence-electron chi connectivity index (χ0n) is 23.3. The maximum atomic E-state index is 12.5. The van der Waals surface area contributed by atoms with Gasteiger partial charge in [-0.2, -0.15) is 16.8 Å². The van der Waals surface area contributed by atoms with Gasteiger partial charge in [0.25, 0.3) is 20.2 Å². The van der Waals surface area contributed by atoms with Crippen LogP contribution in [0.4, 0.5) is 11.4 Å². The Balaban J connectivity index is 1.31. The van der Waals surface area contributed by atoms with Crippen LogP contribution in [0, 0.1) is 0 Å². The second-order valence-electron chi connectivity index (χ2n) is 10.7. The Kier molecular flexibility index (Phi) is 6.49. The van der Waals surface area contributed by atoms with Crippen molar-refractivity contribution >= 4 is 53.2 Å². The minimum Gasteiger partial charge on any atom is -0.456 e. The van der Waals surface area contributed by atoms with Gasteiger partial charge in [-0.15, -0.1) is 0 Å². The molecule has 0 heterocycles. The highest BCUT2D eigenvalue weighted by Crippen LogP contribution is 2.46. The standard InChI is InChI=1S/C33H24N2O8S2/c34-28-5-1-3-18-7-9-22(14-26(18)28)42-30-12-20-11-21-13-31(43-23-10-8-19-4-2-6-29(35)27(19)15-23)33(45(39,40)41)17-25(21)24(20)16-32(30)44(36,37)38/h1-10,12-17H,11,34-35H2,(H,36,37,38)(H,39,40,41). The summed E-state index contributed by atoms with van der Waals surface area (Å²) in [6, 6.07) is 26.5. The first-order valence-electron chi connectivity index (χ1n) is 13.6. The van der Waals surface area contributed by atoms with Crippen molar-refractivity contribution in [3.8, 4) is 34.1 Å². The molecule has 0 radical (unpaired) electrons. The van der Waals surface area contributed by atoms with Gasteiger partial charge in [0, 0.05) is 22.1 Å². The minimum atomic E-state index is -4.79. The maximum absolute atomic E-state index is 12.5. The average molecular weight is 641 g/mol. The Bertz CT molecular complexity index is 2270. The van der Waals surface area contributed by atoms with E-state index in [-0.39, 0.29) is 17.9 Å². The van der Waals surface area contributed by atoms with Crippen molar-refractivity contribution in [1.29, 1.82) is 0 Å². The fourth-order valence-corrected chi connectivity index (χ4v) is 6.94. The molecule has 12 heteroatoms. The fourth-order valence-electron chi connectivity index (χ4n) is 5.70. The predicted molar refractivity (Wildman–Crippen MR) is 171 cm³/mol. The molecular formula is C33H24N2O8S2. The molecule has 6 N–H and O–H groups in total. The molecule has 226 valence electrons. The van der Waals surface area contributed by atoms with Crippen LogP contribution < -0.4 is 20.9 Å². The number of ether oxygens (including phenoxy) is 2. The summed E-state index contributed by atoms with van der Waals surface area (Å²) in [5.41, 5.74) is 15.1. The number of nitrogen functional groups attached to an aromatic ring is 2. The first kappa shape index (κ1) is 28.6. The fraction of sp³-hybridized carbons (Fsp3) is 0.0303. The molecule has 0 saturated carbocycles. The van der Waals surface area contributed by atoms with E-state index in [0.717, 1.165) is 10.8 Å². The Hall–Kier alpha value is -5.14. The lowest BCUT2D eigenvalue weighted by Crippen LogP contribution is -2.03. The molecule has 7 rings (SSSR count). The van der Waals surface area contributed by atoms with E-state index in [9.17, 15) is 25.9 Å². The number of fused-ring (bicyclic) bond motifs is 5. The van der Waals surface area contributed by atoms with Gasteiger partial charge < -0.3 is 20.9 Å². The smallest absolute Gasteiger partial charge is 0.298 e. The Labute approximate surface area is 257 Å². The lowest BCUT2D eigenvalue weighted by atomic mass is 10.1. The topological polar surface area (TPSA) is 179 Å². The molecule has 45 heavy (non-hydrogen) atoms. The van der Waals surface area contributed by atoms with E-state index in [0.29, 0.717) is 55.9 Å². The van der Waals surface area contributed by atoms with Gasteiger partial charge in [0.15, 0.2) is 0 Å². The maximum Gasteiger partial charge on any atom is 0.298 e. The Morgan fingerprint density at radius 2 is 0.978 bits per heavy atom. The summed E-state index contributed by atoms with van der Waals surface area (Å²) in [5.74, 6) is 0.332. The largest absolute Gasteiger partial charge is 0.456 e. The quantitative estimate of drug-likeness (QED) is 0.111. The summed E-state index contributed by atoms with van der Waals surface area (Å²) >= 11 is 0. The predicted octanol–water partition coefficient (Wildman–Crippen LogP) is 6.81. The monoisotopic (exact) mass is 640 g/mol. The molecule has 6 aromatic carbocycles. The molecule has 0 saturated heterocycles. The molecule has 1 aliphatic rings. The molecule has 0 aromatic heterocycles. The van der Waals surface area contributed by atoms with Gasteiger partial charge in [-0.25, -0.2) is 0 Å². The van der Waals surface area contributed by atoms with Gasteiger partial charge in [-0.05, 0) is 100 Å². The molecule has 6 aromatic rings. The highest BCUT2D eigenvalue weighted by molar-refractivity contribution is 7.86. The van der Waals surface area contributed by atoms with Crippen LogP contribution in [0.15, 0.2) is 107 Å². The van der Waals surface area contributed by atoms with Gasteiger partial charge >= 0.3 is 0 Å². The van der Waals surface area contributed by atoms with E-state index in [2.05, 4.69) is 0 Å². The lowest BCUT2D eigenvalue weighted by Gasteiger charge is -2.14. The number of benzene rings is 6. The molecular weight excluding hydrogens is 617 g/mol. The molecule has 10 nitrogen and oxygen atoms in total. The third kappa shape index (κ3) is 5.19. The first-order valence-corrected chi connectivity index (χ1v) is 16.4. The average Bonchev–Trinajstić information content (AvgIpc) is 3.32. The number of anilines is 2. The Morgan fingerprint density at radius 1 is 0.556 bits per heavy atom. The molecule has 0 fully saturated rings. The van der Waals surface area contributed by atoms with Crippen molar-refractivity contribution in [3.63, 3.8) is 0 Å². The molecule has 0 spiro atoms. The van der Waals surface area contributed by atoms with Gasteiger partial charge in [0.2, 0.25) is 0 Å². The third-order valence-electron chi connectivity index (χ3n) is 7.80. The van der Waals surface area contributed by atoms with Crippen molar-refractivity contribution in [2.24, 2.45) is 0 Å². The van der Waals surface area contributed by atoms with Crippen LogP contribution in [0.1, 0.15) is 11.1 Å². The summed E-state index contributed by atoms with van der Waals surface area (Å²) in [5, 5.41) is 3.14. The molecule has 0 amide bonds. The van der Waals surface area contributed by atoms with E-state index in [4.69, 9.17) is 20.9 Å². The SMILES string of the molecule is Nc1cccc2ccc(Oc3cc4c(cc3S(=O)(=O)O)-c3cc(S(=O)(=O)O)c(Oc5ccc6cccc(N)c6c5)cc3C4)cc12. The van der Waals surface area contributed by atoms with Crippen LogP contribution in [0.3, 0.4) is 0 Å². The van der Waals surface area contributed by atoms with E-state index < -0.39 is 30.0 Å². The van der Waals surface area contributed by atoms with Gasteiger partial charge in [-0.3, -0.25) is 9.11 Å². The molecule has 0 atom stereocenters. The third-order valence-corrected chi connectivity index (χ3v) is 9.55. The van der Waals surface area contributed by atoms with E-state index in [1.54, 1.807) is 48.5 Å². The minimum absolute atomic E-state index is 0.127. The van der Waals surface area contributed by atoms with E-state index in [1.165, 1.54) is 24.3 Å². The van der Waals surface area contributed by atoms with Crippen LogP contribution >= 0.6 is 0 Å². The van der Waals surface area contributed by atoms with Gasteiger partial charge in [-0.1, -0.05) is 36.4 Å². The second kappa shape index (κ2) is 10.2. The number of hydrogen-bond acceptors (Lipinski definition) is 8. The van der Waals surface area contributed by atoms with E-state index in [1.807, 2.05) is 24.3 Å². The molecule has 1 aliphatic carbocycles. The zero-order chi connectivity index (χ0) is 31.7. The van der Waals surface area contributed by atoms with Crippen molar-refractivity contribution in [2.45, 2.75) is 16.2 Å². The van der Waals surface area contributed by atoms with Crippen LogP contribution in [0.25, 0.3) is 32.7 Å². The zero-order valence-corrected chi connectivity index (χ0v) is 24.9. The molecule has 0 unspecified atom stereocenters. The van der Waals surface area contributed by atoms with Gasteiger partial charge in [0.05, 0.1) is 0 Å². The summed E-state index contributed by atoms with van der Waals surface area (Å²) in [4.78, 5) is -1.03. The van der Waals surface area contributed by atoms with Crippen LogP contribution in [-0.2, 0) is 26.7 Å². The molecule has 0 aliphatic heterocycles. The summed E-state index contributed by atoms with van der Waals surface area (Å²) in [7, 11) is -9.58. The lowest BCUT2D eigenvalue weighted by molar-refractivity contribution is 0.448. The van der Waals surface area contributed by atoms with E-state index >= 15 is 0 Å². The second-order valence-corrected chi connectivity index (χ2v) is 13.5. The summed E-state index contributed by atoms with van der Waals surface area (Å²) in [6.45, 7) is 0. The van der Waals surface area contributed by atoms with Crippen LogP contribution in [-0.4, -0.2) is 25.9 Å². The summed E-state index contributed by atoms with van der Waals surface area (Å²) in [6.07, 6.45) is 0.254. The normalized spacial score (nSPS) is 12.7. The van der Waals surface area contributed by atoms with Crippen molar-refractivity contribution in [3.05, 3.63) is 108 Å². The van der Waals surface area contributed by atoms with Crippen LogP contribution in [0.5, 0.6) is 23.0 Å². The highest BCUT2D eigenvalue weighted by Gasteiger charge is 2.30. The van der Waals surface area contributed by atoms with Crippen molar-refractivity contribution in [2.75, 3.05) is 11.5 Å². The highest BCUT2D eigenvalue weighted by atomic mass is 32.2. The van der Waals surface area contributed by atoms with Crippen LogP contribution in [0.2, 0.25) is 0 Å². The van der Waals surface area contributed by atoms with Crippen molar-refractivity contribution < 1.29 is 35.4 Å².